The minimum atomic E-state index is -0.0881. The van der Waals surface area contributed by atoms with Crippen molar-refractivity contribution in [1.82, 2.24) is 15.5 Å². The van der Waals surface area contributed by atoms with Crippen LogP contribution in [0.1, 0.15) is 52.8 Å². The van der Waals surface area contributed by atoms with E-state index in [2.05, 4.69) is 34.5 Å². The molecular weight excluding hydrogens is 338 g/mol. The van der Waals surface area contributed by atoms with E-state index in [9.17, 15) is 4.79 Å². The van der Waals surface area contributed by atoms with Crippen molar-refractivity contribution in [3.63, 3.8) is 0 Å². The van der Waals surface area contributed by atoms with Gasteiger partial charge in [-0.15, -0.1) is 0 Å². The number of carbonyl (C=O) groups is 1. The Morgan fingerprint density at radius 1 is 1.19 bits per heavy atom. The summed E-state index contributed by atoms with van der Waals surface area (Å²) in [5.41, 5.74) is 3.82. The maximum absolute atomic E-state index is 12.7. The van der Waals surface area contributed by atoms with Crippen molar-refractivity contribution >= 4 is 5.91 Å². The Morgan fingerprint density at radius 2 is 2.04 bits per heavy atom. The van der Waals surface area contributed by atoms with Crippen LogP contribution in [-0.4, -0.2) is 22.6 Å². The highest BCUT2D eigenvalue weighted by atomic mass is 16.5. The first-order valence-electron chi connectivity index (χ1n) is 9.47. The Morgan fingerprint density at radius 3 is 2.81 bits per heavy atom. The number of rotatable bonds is 6. The minimum Gasteiger partial charge on any atom is -0.352 e. The van der Waals surface area contributed by atoms with Crippen molar-refractivity contribution in [3.05, 3.63) is 71.4 Å². The Balaban J connectivity index is 1.40. The zero-order valence-electron chi connectivity index (χ0n) is 15.4. The second-order valence-corrected chi connectivity index (χ2v) is 7.10. The van der Waals surface area contributed by atoms with Gasteiger partial charge in [0.25, 0.3) is 5.91 Å². The fourth-order valence-electron chi connectivity index (χ4n) is 3.32. The van der Waals surface area contributed by atoms with Gasteiger partial charge in [0.2, 0.25) is 5.89 Å². The highest BCUT2D eigenvalue weighted by Crippen LogP contribution is 2.35. The zero-order valence-corrected chi connectivity index (χ0v) is 15.4. The van der Waals surface area contributed by atoms with Gasteiger partial charge in [0.05, 0.1) is 0 Å². The molecule has 1 aliphatic rings. The molecule has 1 amide bonds. The molecule has 1 aliphatic carbocycles. The molecule has 3 aromatic rings. The molecule has 0 aliphatic heterocycles. The van der Waals surface area contributed by atoms with Crippen molar-refractivity contribution in [3.8, 4) is 11.1 Å². The molecule has 2 aromatic carbocycles. The lowest BCUT2D eigenvalue weighted by atomic mass is 9.85. The topological polar surface area (TPSA) is 68.0 Å². The van der Waals surface area contributed by atoms with Crippen molar-refractivity contribution in [1.29, 1.82) is 0 Å². The smallest absolute Gasteiger partial charge is 0.251 e. The van der Waals surface area contributed by atoms with Crippen LogP contribution in [0.4, 0.5) is 0 Å². The van der Waals surface area contributed by atoms with Crippen LogP contribution in [0.3, 0.4) is 0 Å². The predicted octanol–water partition coefficient (Wildman–Crippen LogP) is 4.29. The summed E-state index contributed by atoms with van der Waals surface area (Å²) in [6.07, 6.45) is 4.07. The van der Waals surface area contributed by atoms with Crippen LogP contribution in [0.2, 0.25) is 0 Å². The average molecular weight is 361 g/mol. The normalized spacial score (nSPS) is 14.0. The van der Waals surface area contributed by atoms with Gasteiger partial charge in [-0.2, -0.15) is 4.98 Å². The molecule has 1 saturated carbocycles. The highest BCUT2D eigenvalue weighted by molar-refractivity contribution is 6.00. The molecule has 1 fully saturated rings. The van der Waals surface area contributed by atoms with Crippen molar-refractivity contribution in [2.45, 2.75) is 38.5 Å². The van der Waals surface area contributed by atoms with E-state index in [1.807, 2.05) is 36.4 Å². The van der Waals surface area contributed by atoms with E-state index in [4.69, 9.17) is 4.52 Å². The van der Waals surface area contributed by atoms with E-state index >= 15 is 0 Å². The maximum atomic E-state index is 12.7. The lowest BCUT2D eigenvalue weighted by molar-refractivity contribution is 0.0954. The van der Waals surface area contributed by atoms with Crippen LogP contribution in [0.25, 0.3) is 11.1 Å². The van der Waals surface area contributed by atoms with E-state index in [1.54, 1.807) is 0 Å². The summed E-state index contributed by atoms with van der Waals surface area (Å²) in [5.74, 6) is 1.74. The summed E-state index contributed by atoms with van der Waals surface area (Å²) in [6.45, 7) is 2.53. The third-order valence-corrected chi connectivity index (χ3v) is 5.07. The first-order valence-corrected chi connectivity index (χ1v) is 9.47. The number of hydrogen-bond acceptors (Lipinski definition) is 4. The molecule has 0 unspecified atom stereocenters. The highest BCUT2D eigenvalue weighted by Gasteiger charge is 2.25. The largest absolute Gasteiger partial charge is 0.352 e. The van der Waals surface area contributed by atoms with Crippen LogP contribution in [0.15, 0.2) is 53.1 Å². The number of aryl methyl sites for hydroxylation is 1. The van der Waals surface area contributed by atoms with Crippen molar-refractivity contribution in [2.75, 3.05) is 6.54 Å². The fraction of sp³-hybridized carbons (Fsp3) is 0.318. The lowest BCUT2D eigenvalue weighted by Crippen LogP contribution is -2.26. The maximum Gasteiger partial charge on any atom is 0.251 e. The molecule has 27 heavy (non-hydrogen) atoms. The molecule has 5 heteroatoms. The van der Waals surface area contributed by atoms with E-state index in [0.717, 1.165) is 29.9 Å². The van der Waals surface area contributed by atoms with Gasteiger partial charge in [-0.25, -0.2) is 0 Å². The Bertz CT molecular complexity index is 944. The number of benzene rings is 2. The molecule has 138 valence electrons. The van der Waals surface area contributed by atoms with E-state index < -0.39 is 0 Å². The number of carbonyl (C=O) groups excluding carboxylic acids is 1. The summed E-state index contributed by atoms with van der Waals surface area (Å²) in [4.78, 5) is 17.2. The molecule has 0 saturated heterocycles. The Labute approximate surface area is 158 Å². The van der Waals surface area contributed by atoms with Crippen LogP contribution in [-0.2, 0) is 6.42 Å². The minimum absolute atomic E-state index is 0.0881. The average Bonchev–Trinajstić information content (AvgIpc) is 3.08. The van der Waals surface area contributed by atoms with Gasteiger partial charge in [-0.05, 0) is 37.0 Å². The first-order chi connectivity index (χ1) is 13.2. The van der Waals surface area contributed by atoms with E-state index in [0.29, 0.717) is 30.3 Å². The van der Waals surface area contributed by atoms with Crippen LogP contribution in [0.5, 0.6) is 0 Å². The van der Waals surface area contributed by atoms with Gasteiger partial charge in [0.1, 0.15) is 0 Å². The number of hydrogen-bond donors (Lipinski definition) is 1. The molecule has 0 atom stereocenters. The first kappa shape index (κ1) is 17.5. The van der Waals surface area contributed by atoms with E-state index in [1.165, 1.54) is 12.0 Å². The van der Waals surface area contributed by atoms with E-state index in [-0.39, 0.29) is 5.91 Å². The van der Waals surface area contributed by atoms with Crippen LogP contribution < -0.4 is 5.32 Å². The lowest BCUT2D eigenvalue weighted by Gasteiger charge is -2.20. The predicted molar refractivity (Wildman–Crippen MR) is 104 cm³/mol. The third-order valence-electron chi connectivity index (χ3n) is 5.07. The van der Waals surface area contributed by atoms with Gasteiger partial charge in [0, 0.05) is 24.4 Å². The standard InChI is InChI=1S/C22H23N3O2/c1-15-6-4-9-17(14-15)18-10-2-3-11-19(18)21(26)23-13-12-20-24-22(27-25-20)16-7-5-8-16/h2-4,6,9-11,14,16H,5,7-8,12-13H2,1H3,(H,23,26). The molecule has 0 radical (unpaired) electrons. The zero-order chi connectivity index (χ0) is 18.6. The second kappa shape index (κ2) is 7.74. The van der Waals surface area contributed by atoms with Gasteiger partial charge in [0.15, 0.2) is 5.82 Å². The monoisotopic (exact) mass is 361 g/mol. The summed E-state index contributed by atoms with van der Waals surface area (Å²) in [5, 5.41) is 7.00. The summed E-state index contributed by atoms with van der Waals surface area (Å²) in [7, 11) is 0. The van der Waals surface area contributed by atoms with Gasteiger partial charge in [-0.3, -0.25) is 4.79 Å². The van der Waals surface area contributed by atoms with Crippen molar-refractivity contribution in [2.24, 2.45) is 0 Å². The molecule has 1 aromatic heterocycles. The number of amides is 1. The number of aromatic nitrogens is 2. The molecule has 1 heterocycles. The summed E-state index contributed by atoms with van der Waals surface area (Å²) >= 11 is 0. The fourth-order valence-corrected chi connectivity index (χ4v) is 3.32. The third kappa shape index (κ3) is 3.92. The van der Waals surface area contributed by atoms with Crippen LogP contribution >= 0.6 is 0 Å². The van der Waals surface area contributed by atoms with Gasteiger partial charge >= 0.3 is 0 Å². The molecule has 4 rings (SSSR count). The van der Waals surface area contributed by atoms with Crippen LogP contribution in [0, 0.1) is 6.92 Å². The molecule has 5 nitrogen and oxygen atoms in total. The Hall–Kier alpha value is -2.95. The SMILES string of the molecule is Cc1cccc(-c2ccccc2C(=O)NCCc2noc(C3CCC3)n2)c1. The number of nitrogens with one attached hydrogen (secondary N) is 1. The molecule has 1 N–H and O–H groups in total. The van der Waals surface area contributed by atoms with Gasteiger partial charge in [-0.1, -0.05) is 59.6 Å². The quantitative estimate of drug-likeness (QED) is 0.711. The summed E-state index contributed by atoms with van der Waals surface area (Å²) < 4.78 is 5.33. The molecule has 0 bridgehead atoms. The molecule has 0 spiro atoms. The second-order valence-electron chi connectivity index (χ2n) is 7.10. The Kier molecular flexibility index (Phi) is 5.01. The van der Waals surface area contributed by atoms with Gasteiger partial charge < -0.3 is 9.84 Å². The molecular formula is C22H23N3O2. The summed E-state index contributed by atoms with van der Waals surface area (Å²) in [6, 6.07) is 15.9. The van der Waals surface area contributed by atoms with Crippen molar-refractivity contribution < 1.29 is 9.32 Å². The number of nitrogens with zero attached hydrogens (tertiary/aromatic N) is 2.